The molecule has 1 aromatic carbocycles. The number of esters is 1. The number of carbonyl (C=O) groups excluding carboxylic acids is 1. The van der Waals surface area contributed by atoms with E-state index in [9.17, 15) is 9.36 Å². The van der Waals surface area contributed by atoms with E-state index in [4.69, 9.17) is 15.2 Å². The van der Waals surface area contributed by atoms with Crippen LogP contribution in [0.15, 0.2) is 36.9 Å². The first kappa shape index (κ1) is 28.7. The summed E-state index contributed by atoms with van der Waals surface area (Å²) >= 11 is 0. The van der Waals surface area contributed by atoms with Gasteiger partial charge in [0, 0.05) is 6.04 Å². The summed E-state index contributed by atoms with van der Waals surface area (Å²) in [6.45, 7) is 11.7. The molecule has 0 bridgehead atoms. The molecule has 0 fully saturated rings. The molecular formula is C25H38N7O4P. The number of nitrogens with zero attached hydrogens (tertiary/aromatic N) is 4. The van der Waals surface area contributed by atoms with Gasteiger partial charge in [-0.05, 0) is 46.6 Å². The van der Waals surface area contributed by atoms with Gasteiger partial charge in [-0.25, -0.2) is 25.1 Å². The quantitative estimate of drug-likeness (QED) is 0.219. The second-order valence-electron chi connectivity index (χ2n) is 9.81. The van der Waals surface area contributed by atoms with E-state index < -0.39 is 19.0 Å². The summed E-state index contributed by atoms with van der Waals surface area (Å²) in [4.78, 5) is 25.2. The molecule has 2 aromatic heterocycles. The van der Waals surface area contributed by atoms with Crippen molar-refractivity contribution < 1.29 is 18.8 Å². The van der Waals surface area contributed by atoms with Gasteiger partial charge in [-0.15, -0.1) is 0 Å². The molecule has 3 atom stereocenters. The van der Waals surface area contributed by atoms with Gasteiger partial charge in [-0.1, -0.05) is 36.8 Å². The third kappa shape index (κ3) is 7.58. The molecule has 0 amide bonds. The Bertz CT molecular complexity index is 1250. The predicted molar refractivity (Wildman–Crippen MR) is 144 cm³/mol. The minimum absolute atomic E-state index is 0.154. The van der Waals surface area contributed by atoms with E-state index in [-0.39, 0.29) is 18.5 Å². The highest BCUT2D eigenvalue weighted by Gasteiger charge is 2.38. The number of fused-ring (bicyclic) bond motifs is 1. The van der Waals surface area contributed by atoms with Crippen LogP contribution in [0.3, 0.4) is 0 Å². The van der Waals surface area contributed by atoms with Crippen molar-refractivity contribution in [2.75, 3.05) is 18.7 Å². The van der Waals surface area contributed by atoms with Gasteiger partial charge in [0.05, 0.1) is 25.6 Å². The summed E-state index contributed by atoms with van der Waals surface area (Å²) in [5.41, 5.74) is 7.89. The molecule has 0 saturated heterocycles. The van der Waals surface area contributed by atoms with E-state index in [2.05, 4.69) is 25.1 Å². The van der Waals surface area contributed by atoms with Crippen molar-refractivity contribution in [3.8, 4) is 0 Å². The smallest absolute Gasteiger partial charge is 0.326 e. The van der Waals surface area contributed by atoms with Gasteiger partial charge in [-0.2, -0.15) is 0 Å². The van der Waals surface area contributed by atoms with Crippen LogP contribution >= 0.6 is 7.44 Å². The number of anilines is 1. The highest BCUT2D eigenvalue weighted by Crippen LogP contribution is 2.42. The molecule has 0 aliphatic heterocycles. The van der Waals surface area contributed by atoms with E-state index in [0.29, 0.717) is 36.6 Å². The predicted octanol–water partition coefficient (Wildman–Crippen LogP) is 3.94. The number of nitrogens with one attached hydrogen (secondary N) is 2. The van der Waals surface area contributed by atoms with Gasteiger partial charge in [0.15, 0.2) is 11.5 Å². The fourth-order valence-corrected chi connectivity index (χ4v) is 6.25. The molecule has 0 aliphatic rings. The zero-order valence-electron chi connectivity index (χ0n) is 22.4. The summed E-state index contributed by atoms with van der Waals surface area (Å²) in [6.07, 6.45) is 3.20. The van der Waals surface area contributed by atoms with Crippen molar-refractivity contribution in [1.82, 2.24) is 29.7 Å². The van der Waals surface area contributed by atoms with E-state index in [1.165, 1.54) is 6.33 Å². The van der Waals surface area contributed by atoms with E-state index in [1.807, 2.05) is 56.5 Å². The third-order valence-electron chi connectivity index (χ3n) is 5.81. The molecule has 0 unspecified atom stereocenters. The molecule has 37 heavy (non-hydrogen) atoms. The Balaban J connectivity index is 1.76. The monoisotopic (exact) mass is 531 g/mol. The minimum Gasteiger partial charge on any atom is -0.464 e. The number of hydrogen-bond acceptors (Lipinski definition) is 8. The van der Waals surface area contributed by atoms with Crippen LogP contribution in [0.25, 0.3) is 11.2 Å². The van der Waals surface area contributed by atoms with E-state index in [1.54, 1.807) is 20.2 Å². The van der Waals surface area contributed by atoms with Crippen LogP contribution in [-0.2, 0) is 25.4 Å². The fourth-order valence-electron chi connectivity index (χ4n) is 3.81. The van der Waals surface area contributed by atoms with Gasteiger partial charge in [0.2, 0.25) is 7.44 Å². The second kappa shape index (κ2) is 12.1. The number of imidazole rings is 1. The number of ether oxygens (including phenoxy) is 2. The summed E-state index contributed by atoms with van der Waals surface area (Å²) in [5.74, 6) is -0.174. The molecule has 0 radical (unpaired) electrons. The van der Waals surface area contributed by atoms with Crippen LogP contribution in [0.4, 0.5) is 5.82 Å². The Kier molecular flexibility index (Phi) is 9.41. The normalized spacial score (nSPS) is 15.3. The van der Waals surface area contributed by atoms with E-state index in [0.717, 1.165) is 11.1 Å². The first-order valence-corrected chi connectivity index (χ1v) is 14.3. The van der Waals surface area contributed by atoms with Crippen molar-refractivity contribution >= 4 is 30.4 Å². The largest absolute Gasteiger partial charge is 0.464 e. The first-order valence-electron chi connectivity index (χ1n) is 12.4. The Morgan fingerprint density at radius 1 is 1.19 bits per heavy atom. The average molecular weight is 532 g/mol. The highest BCUT2D eigenvalue weighted by molar-refractivity contribution is 7.59. The third-order valence-corrected chi connectivity index (χ3v) is 8.05. The van der Waals surface area contributed by atoms with Crippen molar-refractivity contribution in [1.29, 1.82) is 0 Å². The lowest BCUT2D eigenvalue weighted by Crippen LogP contribution is -2.49. The number of rotatable bonds is 13. The number of aryl methyl sites for hydroxylation is 1. The van der Waals surface area contributed by atoms with E-state index >= 15 is 0 Å². The Labute approximate surface area is 218 Å². The van der Waals surface area contributed by atoms with Crippen molar-refractivity contribution in [3.63, 3.8) is 0 Å². The van der Waals surface area contributed by atoms with Crippen molar-refractivity contribution in [3.05, 3.63) is 48.0 Å². The number of benzene rings is 1. The first-order chi connectivity index (χ1) is 17.4. The fraction of sp³-hybridized carbons (Fsp3) is 0.520. The van der Waals surface area contributed by atoms with Crippen LogP contribution in [0, 0.1) is 6.92 Å². The standard InChI is InChI=1S/C25H38N7O4P/c1-7-12-35-24(33)25(5,6)31-37(34,30-19(4)20-10-8-17(2)9-11-20)16-36-18(3)13-32-15-29-21-22(26)27-14-28-23(21)32/h8-11,14-15,18-19H,7,12-13,16H2,1-6H3,(H2,26,27,28)(H2,30,31,34)/t18-,19+,37-/m1/s1. The van der Waals surface area contributed by atoms with Gasteiger partial charge in [-0.3, -0.25) is 9.36 Å². The molecule has 0 saturated carbocycles. The molecule has 2 heterocycles. The average Bonchev–Trinajstić information content (AvgIpc) is 3.25. The molecule has 0 aliphatic carbocycles. The summed E-state index contributed by atoms with van der Waals surface area (Å²) in [5, 5.41) is 6.23. The van der Waals surface area contributed by atoms with Crippen LogP contribution < -0.4 is 15.9 Å². The molecule has 12 heteroatoms. The molecule has 202 valence electrons. The topological polar surface area (TPSA) is 146 Å². The van der Waals surface area contributed by atoms with Gasteiger partial charge in [0.25, 0.3) is 0 Å². The molecular weight excluding hydrogens is 493 g/mol. The number of hydrogen-bond donors (Lipinski definition) is 3. The zero-order chi connectivity index (χ0) is 27.2. The van der Waals surface area contributed by atoms with Gasteiger partial charge in [0.1, 0.15) is 23.7 Å². The van der Waals surface area contributed by atoms with Crippen LogP contribution in [0.5, 0.6) is 0 Å². The van der Waals surface area contributed by atoms with Gasteiger partial charge < -0.3 is 19.8 Å². The highest BCUT2D eigenvalue weighted by atomic mass is 31.2. The van der Waals surface area contributed by atoms with Gasteiger partial charge >= 0.3 is 5.97 Å². The maximum Gasteiger partial charge on any atom is 0.326 e. The second-order valence-corrected chi connectivity index (χ2v) is 12.0. The summed E-state index contributed by atoms with van der Waals surface area (Å²) in [7, 11) is -3.45. The number of nitrogen functional groups attached to an aromatic ring is 1. The van der Waals surface area contributed by atoms with Crippen molar-refractivity contribution in [2.45, 2.75) is 72.2 Å². The minimum atomic E-state index is -3.45. The Hall–Kier alpha value is -2.85. The lowest BCUT2D eigenvalue weighted by atomic mass is 10.1. The molecule has 4 N–H and O–H groups in total. The maximum atomic E-state index is 14.2. The number of nitrogens with two attached hydrogens (primary N) is 1. The SMILES string of the molecule is CCCOC(=O)C(C)(C)N[P@@](=O)(CO[C@H](C)Cn1cnc2c(N)ncnc21)N[C@@H](C)c1ccc(C)cc1. The van der Waals surface area contributed by atoms with Crippen LogP contribution in [0.1, 0.15) is 58.2 Å². The molecule has 11 nitrogen and oxygen atoms in total. The van der Waals surface area contributed by atoms with Crippen molar-refractivity contribution in [2.24, 2.45) is 0 Å². The molecule has 3 aromatic rings. The lowest BCUT2D eigenvalue weighted by molar-refractivity contribution is -0.149. The lowest BCUT2D eigenvalue weighted by Gasteiger charge is -2.33. The maximum absolute atomic E-state index is 14.2. The summed E-state index contributed by atoms with van der Waals surface area (Å²) in [6, 6.07) is 7.71. The molecule has 3 rings (SSSR count). The summed E-state index contributed by atoms with van der Waals surface area (Å²) < 4.78 is 27.4. The Morgan fingerprint density at radius 2 is 1.89 bits per heavy atom. The number of aromatic nitrogens is 4. The molecule has 0 spiro atoms. The zero-order valence-corrected chi connectivity index (χ0v) is 23.3. The van der Waals surface area contributed by atoms with Crippen LogP contribution in [0.2, 0.25) is 0 Å². The Morgan fingerprint density at radius 3 is 2.57 bits per heavy atom. The number of carbonyl (C=O) groups is 1. The van der Waals surface area contributed by atoms with Crippen LogP contribution in [-0.4, -0.2) is 50.1 Å².